The number of fused-ring (bicyclic) bond motifs is 3. The smallest absolute Gasteiger partial charge is 0.262 e. The average Bonchev–Trinajstić information content (AvgIpc) is 2.71. The molecule has 0 fully saturated rings. The zero-order valence-corrected chi connectivity index (χ0v) is 12.8. The van der Waals surface area contributed by atoms with E-state index in [1.54, 1.807) is 18.3 Å². The van der Waals surface area contributed by atoms with Gasteiger partial charge in [-0.3, -0.25) is 14.2 Å². The van der Waals surface area contributed by atoms with Crippen molar-refractivity contribution in [1.29, 1.82) is 0 Å². The van der Waals surface area contributed by atoms with E-state index in [1.807, 2.05) is 0 Å². The van der Waals surface area contributed by atoms with Gasteiger partial charge in [0.15, 0.2) is 0 Å². The Labute approximate surface area is 121 Å². The minimum atomic E-state index is -0.0465. The standard InChI is InChI=1S/C15H18N2O2S/c1-8-4-5-11-12(6-8)20-14-13(11)15(19)17(7-9(2)18)10(3)16-14/h8H,4-7H2,1-3H3. The number of Topliss-reactive ketones (excluding diaryl/α,β-unsaturated/α-hetero) is 1. The number of hydrogen-bond donors (Lipinski definition) is 0. The van der Waals surface area contributed by atoms with Crippen LogP contribution in [0.25, 0.3) is 10.2 Å². The lowest BCUT2D eigenvalue weighted by molar-refractivity contribution is -0.117. The van der Waals surface area contributed by atoms with E-state index in [4.69, 9.17) is 0 Å². The minimum Gasteiger partial charge on any atom is -0.298 e. The summed E-state index contributed by atoms with van der Waals surface area (Å²) < 4.78 is 1.51. The summed E-state index contributed by atoms with van der Waals surface area (Å²) in [6, 6.07) is 0. The minimum absolute atomic E-state index is 0.0194. The van der Waals surface area contributed by atoms with Gasteiger partial charge in [0.2, 0.25) is 0 Å². The van der Waals surface area contributed by atoms with Gasteiger partial charge in [-0.05, 0) is 44.6 Å². The molecular weight excluding hydrogens is 272 g/mol. The highest BCUT2D eigenvalue weighted by molar-refractivity contribution is 7.18. The first-order chi connectivity index (χ1) is 9.47. The summed E-state index contributed by atoms with van der Waals surface area (Å²) in [6.45, 7) is 5.67. The van der Waals surface area contributed by atoms with Gasteiger partial charge < -0.3 is 0 Å². The summed E-state index contributed by atoms with van der Waals surface area (Å²) in [5.41, 5.74) is 1.13. The Morgan fingerprint density at radius 3 is 2.95 bits per heavy atom. The lowest BCUT2D eigenvalue weighted by Crippen LogP contribution is -2.27. The SMILES string of the molecule is CC(=O)Cn1c(C)nc2sc3c(c2c1=O)CCC(C)C3. The molecule has 0 saturated carbocycles. The fourth-order valence-electron chi connectivity index (χ4n) is 2.93. The van der Waals surface area contributed by atoms with Gasteiger partial charge in [0.1, 0.15) is 16.4 Å². The molecule has 0 aliphatic heterocycles. The van der Waals surface area contributed by atoms with Crippen molar-refractivity contribution >= 4 is 27.3 Å². The van der Waals surface area contributed by atoms with Gasteiger partial charge in [0.05, 0.1) is 11.9 Å². The number of aryl methyl sites for hydroxylation is 2. The van der Waals surface area contributed by atoms with Crippen molar-refractivity contribution in [1.82, 2.24) is 9.55 Å². The van der Waals surface area contributed by atoms with Gasteiger partial charge in [-0.1, -0.05) is 6.92 Å². The molecule has 0 amide bonds. The van der Waals surface area contributed by atoms with Crippen LogP contribution in [0.15, 0.2) is 4.79 Å². The van der Waals surface area contributed by atoms with Crippen molar-refractivity contribution in [2.75, 3.05) is 0 Å². The molecule has 2 heterocycles. The summed E-state index contributed by atoms with van der Waals surface area (Å²) in [6.07, 6.45) is 3.12. The maximum atomic E-state index is 12.7. The van der Waals surface area contributed by atoms with Gasteiger partial charge in [0.25, 0.3) is 5.56 Å². The summed E-state index contributed by atoms with van der Waals surface area (Å²) in [5, 5.41) is 0.753. The summed E-state index contributed by atoms with van der Waals surface area (Å²) in [7, 11) is 0. The maximum absolute atomic E-state index is 12.7. The van der Waals surface area contributed by atoms with E-state index >= 15 is 0 Å². The fourth-order valence-corrected chi connectivity index (χ4v) is 4.35. The second kappa shape index (κ2) is 4.81. The van der Waals surface area contributed by atoms with E-state index in [-0.39, 0.29) is 17.9 Å². The molecule has 0 saturated heterocycles. The number of hydrogen-bond acceptors (Lipinski definition) is 4. The van der Waals surface area contributed by atoms with Gasteiger partial charge in [-0.25, -0.2) is 4.98 Å². The van der Waals surface area contributed by atoms with Gasteiger partial charge in [0, 0.05) is 4.88 Å². The number of nitrogens with zero attached hydrogens (tertiary/aromatic N) is 2. The quantitative estimate of drug-likeness (QED) is 0.854. The first kappa shape index (κ1) is 13.5. The van der Waals surface area contributed by atoms with Crippen molar-refractivity contribution in [2.45, 2.75) is 46.6 Å². The normalized spacial score (nSPS) is 18.2. The summed E-state index contributed by atoms with van der Waals surface area (Å²) in [4.78, 5) is 30.7. The van der Waals surface area contributed by atoms with Gasteiger partial charge >= 0.3 is 0 Å². The van der Waals surface area contributed by atoms with Crippen LogP contribution in [0.4, 0.5) is 0 Å². The van der Waals surface area contributed by atoms with Crippen LogP contribution in [0.3, 0.4) is 0 Å². The lowest BCUT2D eigenvalue weighted by atomic mass is 9.89. The van der Waals surface area contributed by atoms with E-state index < -0.39 is 0 Å². The third-order valence-electron chi connectivity index (χ3n) is 3.99. The molecular formula is C15H18N2O2S. The average molecular weight is 290 g/mol. The van der Waals surface area contributed by atoms with Crippen LogP contribution in [0.1, 0.15) is 36.5 Å². The molecule has 2 aromatic heterocycles. The number of carbonyl (C=O) groups is 1. The van der Waals surface area contributed by atoms with Crippen molar-refractivity contribution in [3.63, 3.8) is 0 Å². The van der Waals surface area contributed by atoms with E-state index in [9.17, 15) is 9.59 Å². The number of thiophene rings is 1. The summed E-state index contributed by atoms with van der Waals surface area (Å²) >= 11 is 1.65. The second-order valence-electron chi connectivity index (χ2n) is 5.78. The Kier molecular flexibility index (Phi) is 3.24. The third-order valence-corrected chi connectivity index (χ3v) is 5.14. The Balaban J connectivity index is 2.26. The first-order valence-electron chi connectivity index (χ1n) is 6.98. The Morgan fingerprint density at radius 2 is 2.25 bits per heavy atom. The summed E-state index contributed by atoms with van der Waals surface area (Å²) in [5.74, 6) is 1.29. The molecule has 0 N–H and O–H groups in total. The number of rotatable bonds is 2. The zero-order valence-electron chi connectivity index (χ0n) is 12.0. The number of carbonyl (C=O) groups excluding carboxylic acids is 1. The van der Waals surface area contributed by atoms with Crippen LogP contribution in [0.5, 0.6) is 0 Å². The highest BCUT2D eigenvalue weighted by Crippen LogP contribution is 2.35. The molecule has 0 radical (unpaired) electrons. The molecule has 1 atom stereocenters. The molecule has 0 bridgehead atoms. The van der Waals surface area contributed by atoms with E-state index in [0.29, 0.717) is 11.7 Å². The monoisotopic (exact) mass is 290 g/mol. The second-order valence-corrected chi connectivity index (χ2v) is 6.87. The Hall–Kier alpha value is -1.49. The van der Waals surface area contributed by atoms with Crippen molar-refractivity contribution < 1.29 is 4.79 Å². The molecule has 4 nitrogen and oxygen atoms in total. The van der Waals surface area contributed by atoms with Crippen LogP contribution in [-0.2, 0) is 24.2 Å². The molecule has 1 aliphatic rings. The van der Waals surface area contributed by atoms with Crippen LogP contribution >= 0.6 is 11.3 Å². The third kappa shape index (κ3) is 2.10. The largest absolute Gasteiger partial charge is 0.298 e. The van der Waals surface area contributed by atoms with Crippen molar-refractivity contribution in [3.8, 4) is 0 Å². The van der Waals surface area contributed by atoms with Crippen LogP contribution < -0.4 is 5.56 Å². The molecule has 0 aromatic carbocycles. The van der Waals surface area contributed by atoms with E-state index in [2.05, 4.69) is 11.9 Å². The lowest BCUT2D eigenvalue weighted by Gasteiger charge is -2.17. The number of ketones is 1. The highest BCUT2D eigenvalue weighted by Gasteiger charge is 2.24. The Bertz CT molecular complexity index is 757. The molecule has 2 aromatic rings. The van der Waals surface area contributed by atoms with Gasteiger partial charge in [-0.2, -0.15) is 0 Å². The highest BCUT2D eigenvalue weighted by atomic mass is 32.1. The maximum Gasteiger partial charge on any atom is 0.262 e. The molecule has 1 aliphatic carbocycles. The predicted molar refractivity (Wildman–Crippen MR) is 80.5 cm³/mol. The topological polar surface area (TPSA) is 52.0 Å². The Morgan fingerprint density at radius 1 is 1.50 bits per heavy atom. The van der Waals surface area contributed by atoms with Crippen LogP contribution in [-0.4, -0.2) is 15.3 Å². The van der Waals surface area contributed by atoms with E-state index in [0.717, 1.165) is 29.5 Å². The number of aromatic nitrogens is 2. The molecule has 1 unspecified atom stereocenters. The van der Waals surface area contributed by atoms with Crippen molar-refractivity contribution in [2.24, 2.45) is 5.92 Å². The van der Waals surface area contributed by atoms with Crippen molar-refractivity contribution in [3.05, 3.63) is 26.6 Å². The first-order valence-corrected chi connectivity index (χ1v) is 7.80. The van der Waals surface area contributed by atoms with E-state index in [1.165, 1.54) is 21.9 Å². The fraction of sp³-hybridized carbons (Fsp3) is 0.533. The van der Waals surface area contributed by atoms with Crippen LogP contribution in [0, 0.1) is 12.8 Å². The predicted octanol–water partition coefficient (Wildman–Crippen LogP) is 2.48. The molecule has 106 valence electrons. The van der Waals surface area contributed by atoms with Gasteiger partial charge in [-0.15, -0.1) is 11.3 Å². The zero-order chi connectivity index (χ0) is 14.4. The molecule has 3 rings (SSSR count). The van der Waals surface area contributed by atoms with Crippen LogP contribution in [0.2, 0.25) is 0 Å². The molecule has 0 spiro atoms. The molecule has 20 heavy (non-hydrogen) atoms. The molecule has 5 heteroatoms.